The molecule has 1 nitrogen and oxygen atoms in total. The molecule has 1 aromatic rings. The van der Waals surface area contributed by atoms with Crippen LogP contribution in [0.25, 0.3) is 0 Å². The molecule has 1 atom stereocenters. The molecule has 13 heavy (non-hydrogen) atoms. The largest absolute Gasteiger partial charge is 0.393 e. The summed E-state index contributed by atoms with van der Waals surface area (Å²) in [7, 11) is 0. The van der Waals surface area contributed by atoms with Gasteiger partial charge in [-0.25, -0.2) is 0 Å². The maximum Gasteiger partial charge on any atom is 0.0571 e. The van der Waals surface area contributed by atoms with Crippen molar-refractivity contribution in [1.82, 2.24) is 0 Å². The minimum absolute atomic E-state index is 0.0415. The summed E-state index contributed by atoms with van der Waals surface area (Å²) in [5.74, 6) is 0.625. The van der Waals surface area contributed by atoms with Gasteiger partial charge in [0.25, 0.3) is 0 Å². The summed E-state index contributed by atoms with van der Waals surface area (Å²) in [4.78, 5) is 1.37. The fourth-order valence-corrected chi connectivity index (χ4v) is 2.40. The molecule has 1 unspecified atom stereocenters. The van der Waals surface area contributed by atoms with Crippen LogP contribution in [0.1, 0.15) is 29.7 Å². The number of hydrogen-bond donors (Lipinski definition) is 1. The number of aliphatic hydroxyl groups excluding tert-OH is 1. The van der Waals surface area contributed by atoms with Crippen LogP contribution < -0.4 is 0 Å². The van der Waals surface area contributed by atoms with E-state index in [2.05, 4.69) is 18.4 Å². The highest BCUT2D eigenvalue weighted by Gasteiger charge is 2.29. The van der Waals surface area contributed by atoms with E-state index in [1.807, 2.05) is 0 Å². The van der Waals surface area contributed by atoms with Gasteiger partial charge in [0.05, 0.1) is 6.10 Å². The molecule has 1 N–H and O–H groups in total. The maximum absolute atomic E-state index is 9.66. The molecule has 0 aliphatic heterocycles. The van der Waals surface area contributed by atoms with Crippen LogP contribution in [0.15, 0.2) is 11.4 Å². The number of thiophene rings is 1. The molecular weight excluding hydrogens is 180 g/mol. The summed E-state index contributed by atoms with van der Waals surface area (Å²) < 4.78 is 0. The molecule has 0 aromatic carbocycles. The third kappa shape index (κ3) is 2.55. The normalized spacial score (nSPS) is 18.9. The Labute approximate surface area is 83.4 Å². The van der Waals surface area contributed by atoms with Gasteiger partial charge in [-0.2, -0.15) is 0 Å². The second-order valence-electron chi connectivity index (χ2n) is 4.01. The number of rotatable bonds is 4. The third-order valence-electron chi connectivity index (χ3n) is 2.68. The van der Waals surface area contributed by atoms with Crippen LogP contribution >= 0.6 is 11.3 Å². The monoisotopic (exact) mass is 196 g/mol. The number of aliphatic hydroxyl groups is 1. The van der Waals surface area contributed by atoms with E-state index in [-0.39, 0.29) is 6.10 Å². The minimum Gasteiger partial charge on any atom is -0.393 e. The molecule has 1 heterocycles. The zero-order valence-electron chi connectivity index (χ0n) is 7.99. The first-order valence-corrected chi connectivity index (χ1v) is 5.86. The standard InChI is InChI=1S/C11H16OS/c1-8-6-9(7-13-8)2-5-11(12)10-3-4-10/h6-7,10-12H,2-5H2,1H3. The quantitative estimate of drug-likeness (QED) is 0.785. The van der Waals surface area contributed by atoms with Gasteiger partial charge < -0.3 is 5.11 Å². The van der Waals surface area contributed by atoms with Crippen molar-refractivity contribution in [2.24, 2.45) is 5.92 Å². The van der Waals surface area contributed by atoms with E-state index in [0.29, 0.717) is 5.92 Å². The molecule has 0 spiro atoms. The SMILES string of the molecule is Cc1cc(CCC(O)C2CC2)cs1. The smallest absolute Gasteiger partial charge is 0.0571 e. The molecular formula is C11H16OS. The highest BCUT2D eigenvalue weighted by Crippen LogP contribution is 2.34. The molecule has 1 aliphatic carbocycles. The summed E-state index contributed by atoms with van der Waals surface area (Å²) in [6.07, 6.45) is 4.43. The first-order valence-electron chi connectivity index (χ1n) is 4.98. The van der Waals surface area contributed by atoms with Crippen molar-refractivity contribution >= 4 is 11.3 Å². The molecule has 0 bridgehead atoms. The van der Waals surface area contributed by atoms with Gasteiger partial charge in [0.15, 0.2) is 0 Å². The molecule has 0 amide bonds. The molecule has 1 saturated carbocycles. The zero-order valence-corrected chi connectivity index (χ0v) is 8.81. The van der Waals surface area contributed by atoms with Crippen LogP contribution in [0.4, 0.5) is 0 Å². The average molecular weight is 196 g/mol. The second kappa shape index (κ2) is 3.81. The molecule has 0 saturated heterocycles. The lowest BCUT2D eigenvalue weighted by atomic mass is 10.1. The fourth-order valence-electron chi connectivity index (χ4n) is 1.66. The van der Waals surface area contributed by atoms with Gasteiger partial charge in [0.2, 0.25) is 0 Å². The Balaban J connectivity index is 1.78. The van der Waals surface area contributed by atoms with Crippen LogP contribution in [-0.4, -0.2) is 11.2 Å². The van der Waals surface area contributed by atoms with Gasteiger partial charge in [-0.3, -0.25) is 0 Å². The highest BCUT2D eigenvalue weighted by molar-refractivity contribution is 7.10. The Hall–Kier alpha value is -0.340. The third-order valence-corrected chi connectivity index (χ3v) is 3.59. The van der Waals surface area contributed by atoms with Crippen LogP contribution in [0, 0.1) is 12.8 Å². The molecule has 1 aliphatic rings. The summed E-state index contributed by atoms with van der Waals surface area (Å²) >= 11 is 1.80. The Morgan fingerprint density at radius 2 is 2.38 bits per heavy atom. The van der Waals surface area contributed by atoms with Gasteiger partial charge in [-0.1, -0.05) is 0 Å². The summed E-state index contributed by atoms with van der Waals surface area (Å²) in [5.41, 5.74) is 1.39. The van der Waals surface area contributed by atoms with Gasteiger partial charge in [-0.05, 0) is 55.5 Å². The average Bonchev–Trinajstić information content (AvgIpc) is 2.87. The van der Waals surface area contributed by atoms with Crippen molar-refractivity contribution in [3.8, 4) is 0 Å². The van der Waals surface area contributed by atoms with Crippen molar-refractivity contribution in [3.63, 3.8) is 0 Å². The van der Waals surface area contributed by atoms with Crippen LogP contribution in [0.5, 0.6) is 0 Å². The molecule has 72 valence electrons. The number of hydrogen-bond acceptors (Lipinski definition) is 2. The molecule has 1 fully saturated rings. The molecule has 2 rings (SSSR count). The van der Waals surface area contributed by atoms with Gasteiger partial charge >= 0.3 is 0 Å². The zero-order chi connectivity index (χ0) is 9.26. The van der Waals surface area contributed by atoms with E-state index in [9.17, 15) is 5.11 Å². The Bertz CT molecular complexity index is 275. The fraction of sp³-hybridized carbons (Fsp3) is 0.636. The van der Waals surface area contributed by atoms with E-state index in [4.69, 9.17) is 0 Å². The predicted molar refractivity (Wildman–Crippen MR) is 56.1 cm³/mol. The van der Waals surface area contributed by atoms with Crippen LogP contribution in [0.3, 0.4) is 0 Å². The summed E-state index contributed by atoms with van der Waals surface area (Å²) in [5, 5.41) is 11.9. The van der Waals surface area contributed by atoms with Gasteiger partial charge in [0.1, 0.15) is 0 Å². The lowest BCUT2D eigenvalue weighted by Gasteiger charge is -2.06. The van der Waals surface area contributed by atoms with Gasteiger partial charge in [0, 0.05) is 4.88 Å². The van der Waals surface area contributed by atoms with Crippen molar-refractivity contribution in [2.45, 2.75) is 38.7 Å². The Kier molecular flexibility index (Phi) is 2.70. The maximum atomic E-state index is 9.66. The Morgan fingerprint density at radius 3 is 2.92 bits per heavy atom. The van der Waals surface area contributed by atoms with Crippen LogP contribution in [-0.2, 0) is 6.42 Å². The second-order valence-corrected chi connectivity index (χ2v) is 5.12. The van der Waals surface area contributed by atoms with Crippen LogP contribution in [0.2, 0.25) is 0 Å². The van der Waals surface area contributed by atoms with Crippen molar-refractivity contribution in [2.75, 3.05) is 0 Å². The van der Waals surface area contributed by atoms with E-state index in [1.54, 1.807) is 11.3 Å². The summed E-state index contributed by atoms with van der Waals surface area (Å²) in [6, 6.07) is 2.23. The molecule has 2 heteroatoms. The van der Waals surface area contributed by atoms with E-state index in [0.717, 1.165) is 12.8 Å². The van der Waals surface area contributed by atoms with E-state index >= 15 is 0 Å². The number of aryl methyl sites for hydroxylation is 2. The first kappa shape index (κ1) is 9.22. The lowest BCUT2D eigenvalue weighted by molar-refractivity contribution is 0.142. The molecule has 1 aromatic heterocycles. The van der Waals surface area contributed by atoms with E-state index < -0.39 is 0 Å². The van der Waals surface area contributed by atoms with Crippen molar-refractivity contribution in [3.05, 3.63) is 21.9 Å². The summed E-state index contributed by atoms with van der Waals surface area (Å²) in [6.45, 7) is 2.13. The molecule has 0 radical (unpaired) electrons. The minimum atomic E-state index is -0.0415. The first-order chi connectivity index (χ1) is 6.25. The van der Waals surface area contributed by atoms with E-state index in [1.165, 1.54) is 23.3 Å². The Morgan fingerprint density at radius 1 is 1.62 bits per heavy atom. The van der Waals surface area contributed by atoms with Crippen molar-refractivity contribution in [1.29, 1.82) is 0 Å². The lowest BCUT2D eigenvalue weighted by Crippen LogP contribution is -2.09. The topological polar surface area (TPSA) is 20.2 Å². The predicted octanol–water partition coefficient (Wildman–Crippen LogP) is 2.76. The van der Waals surface area contributed by atoms with Crippen molar-refractivity contribution < 1.29 is 5.11 Å². The van der Waals surface area contributed by atoms with Gasteiger partial charge in [-0.15, -0.1) is 11.3 Å². The highest BCUT2D eigenvalue weighted by atomic mass is 32.1.